The maximum atomic E-state index is 10.2. The fourth-order valence-corrected chi connectivity index (χ4v) is 1.18. The zero-order valence-electron chi connectivity index (χ0n) is 7.69. The van der Waals surface area contributed by atoms with Crippen LogP contribution in [-0.4, -0.2) is 17.6 Å². The third-order valence-corrected chi connectivity index (χ3v) is 2.02. The van der Waals surface area contributed by atoms with Gasteiger partial charge in [0.25, 0.3) is 0 Å². The third-order valence-electron chi connectivity index (χ3n) is 1.75. The fourth-order valence-electron chi connectivity index (χ4n) is 1.05. The van der Waals surface area contributed by atoms with E-state index < -0.39 is 5.97 Å². The number of carbonyl (C=O) groups is 1. The number of hydrogen-bond donors (Lipinski definition) is 2. The van der Waals surface area contributed by atoms with E-state index in [-0.39, 0.29) is 6.42 Å². The third kappa shape index (κ3) is 4.09. The van der Waals surface area contributed by atoms with Crippen LogP contribution in [0.15, 0.2) is 29.2 Å². The molecular weight excluding hydrogens is 198 g/mol. The summed E-state index contributed by atoms with van der Waals surface area (Å²) >= 11 is 4.94. The maximum Gasteiger partial charge on any atom is 0.303 e. The number of rotatable bonds is 5. The Bertz CT molecular complexity index is 297. The van der Waals surface area contributed by atoms with Crippen LogP contribution in [0.25, 0.3) is 0 Å². The topological polar surface area (TPSA) is 49.3 Å². The molecule has 0 saturated carbocycles. The molecule has 0 saturated heterocycles. The Morgan fingerprint density at radius 3 is 2.57 bits per heavy atom. The lowest BCUT2D eigenvalue weighted by atomic mass is 10.3. The number of aliphatic carboxylic acids is 1. The molecule has 0 aliphatic heterocycles. The van der Waals surface area contributed by atoms with Crippen molar-refractivity contribution < 1.29 is 9.90 Å². The molecule has 1 radical (unpaired) electrons. The molecule has 0 bridgehead atoms. The van der Waals surface area contributed by atoms with Crippen molar-refractivity contribution in [1.29, 1.82) is 0 Å². The second-order valence-electron chi connectivity index (χ2n) is 2.95. The minimum absolute atomic E-state index is 0.201. The highest BCUT2D eigenvalue weighted by atomic mass is 32.1. The molecule has 0 amide bonds. The minimum Gasteiger partial charge on any atom is -0.481 e. The summed E-state index contributed by atoms with van der Waals surface area (Å²) in [5.41, 5.74) is 0.976. The highest BCUT2D eigenvalue weighted by molar-refractivity contribution is 7.80. The van der Waals surface area contributed by atoms with Gasteiger partial charge < -0.3 is 10.4 Å². The number of anilines is 1. The minimum atomic E-state index is -0.757. The van der Waals surface area contributed by atoms with Crippen LogP contribution in [0, 0.1) is 0 Å². The zero-order valence-corrected chi connectivity index (χ0v) is 8.51. The van der Waals surface area contributed by atoms with Crippen LogP contribution in [0.1, 0.15) is 12.8 Å². The van der Waals surface area contributed by atoms with Crippen molar-refractivity contribution in [3.8, 4) is 0 Å². The van der Waals surface area contributed by atoms with Gasteiger partial charge in [0.1, 0.15) is 0 Å². The molecule has 0 aliphatic carbocycles. The molecule has 1 aromatic carbocycles. The Labute approximate surface area is 88.6 Å². The number of carboxylic acid groups (broad SMARTS) is 1. The van der Waals surface area contributed by atoms with Gasteiger partial charge in [-0.25, -0.2) is 0 Å². The molecule has 0 heterocycles. The summed E-state index contributed by atoms with van der Waals surface area (Å²) in [6.45, 7) is 0.670. The number of benzene rings is 1. The van der Waals surface area contributed by atoms with E-state index in [9.17, 15) is 4.79 Å². The van der Waals surface area contributed by atoms with Crippen LogP contribution in [0.3, 0.4) is 0 Å². The molecule has 3 nitrogen and oxygen atoms in total. The van der Waals surface area contributed by atoms with Crippen molar-refractivity contribution in [1.82, 2.24) is 0 Å². The van der Waals surface area contributed by atoms with Crippen molar-refractivity contribution >= 4 is 24.3 Å². The lowest BCUT2D eigenvalue weighted by Crippen LogP contribution is -2.04. The highest BCUT2D eigenvalue weighted by Crippen LogP contribution is 2.11. The molecule has 14 heavy (non-hydrogen) atoms. The first-order chi connectivity index (χ1) is 6.68. The lowest BCUT2D eigenvalue weighted by molar-refractivity contribution is -0.137. The van der Waals surface area contributed by atoms with Gasteiger partial charge >= 0.3 is 5.97 Å². The number of carboxylic acids is 1. The van der Waals surface area contributed by atoms with Crippen LogP contribution in [0.5, 0.6) is 0 Å². The molecular formula is C10H12NO2S. The average molecular weight is 210 g/mol. The standard InChI is InChI=1S/C10H12NO2S/c12-10(13)2-1-7-11-8-3-5-9(14)6-4-8/h3-6,11H,1-2,7H2,(H,12,13). The largest absolute Gasteiger partial charge is 0.481 e. The normalized spacial score (nSPS) is 9.71. The van der Waals surface area contributed by atoms with Crippen LogP contribution >= 0.6 is 12.6 Å². The van der Waals surface area contributed by atoms with Gasteiger partial charge in [0.05, 0.1) is 0 Å². The van der Waals surface area contributed by atoms with Crippen LogP contribution in [0.2, 0.25) is 0 Å². The van der Waals surface area contributed by atoms with E-state index in [1.165, 1.54) is 0 Å². The van der Waals surface area contributed by atoms with Crippen molar-refractivity contribution in [3.63, 3.8) is 0 Å². The van der Waals surface area contributed by atoms with Gasteiger partial charge in [0, 0.05) is 23.5 Å². The van der Waals surface area contributed by atoms with E-state index in [4.69, 9.17) is 17.7 Å². The van der Waals surface area contributed by atoms with Crippen molar-refractivity contribution in [2.45, 2.75) is 17.7 Å². The maximum absolute atomic E-state index is 10.2. The molecule has 0 fully saturated rings. The Morgan fingerprint density at radius 1 is 1.36 bits per heavy atom. The summed E-state index contributed by atoms with van der Waals surface area (Å²) in [5.74, 6) is -0.757. The van der Waals surface area contributed by atoms with Crippen molar-refractivity contribution in [2.75, 3.05) is 11.9 Å². The molecule has 0 aromatic heterocycles. The van der Waals surface area contributed by atoms with Gasteiger partial charge in [-0.1, -0.05) is 12.6 Å². The number of nitrogens with one attached hydrogen (secondary N) is 1. The van der Waals surface area contributed by atoms with E-state index >= 15 is 0 Å². The second kappa shape index (κ2) is 5.44. The van der Waals surface area contributed by atoms with E-state index in [1.54, 1.807) is 0 Å². The molecule has 1 rings (SSSR count). The summed E-state index contributed by atoms with van der Waals surface area (Å²) in [6, 6.07) is 7.47. The van der Waals surface area contributed by atoms with Gasteiger partial charge in [-0.15, -0.1) is 0 Å². The second-order valence-corrected chi connectivity index (χ2v) is 3.42. The molecule has 0 spiro atoms. The summed E-state index contributed by atoms with van der Waals surface area (Å²) in [6.07, 6.45) is 0.830. The van der Waals surface area contributed by atoms with Gasteiger partial charge in [-0.05, 0) is 30.7 Å². The first kappa shape index (κ1) is 10.8. The smallest absolute Gasteiger partial charge is 0.303 e. The zero-order chi connectivity index (χ0) is 10.4. The first-order valence-corrected chi connectivity index (χ1v) is 4.82. The van der Waals surface area contributed by atoms with Crippen molar-refractivity contribution in [3.05, 3.63) is 24.3 Å². The molecule has 1 aromatic rings. The Hall–Kier alpha value is -1.29. The summed E-state index contributed by atoms with van der Waals surface area (Å²) in [4.78, 5) is 11.0. The van der Waals surface area contributed by atoms with E-state index in [1.807, 2.05) is 24.3 Å². The predicted molar refractivity (Wildman–Crippen MR) is 57.7 cm³/mol. The van der Waals surface area contributed by atoms with E-state index in [0.717, 1.165) is 10.6 Å². The SMILES string of the molecule is O=C(O)CCCNc1ccc([S])cc1. The summed E-state index contributed by atoms with van der Waals surface area (Å²) in [7, 11) is 0. The molecule has 75 valence electrons. The highest BCUT2D eigenvalue weighted by Gasteiger charge is 1.96. The van der Waals surface area contributed by atoms with Crippen LogP contribution in [-0.2, 0) is 4.79 Å². The predicted octanol–water partition coefficient (Wildman–Crippen LogP) is 2.52. The molecule has 2 N–H and O–H groups in total. The molecule has 0 atom stereocenters. The Morgan fingerprint density at radius 2 is 2.00 bits per heavy atom. The summed E-state index contributed by atoms with van der Waals surface area (Å²) in [5, 5.41) is 11.5. The Balaban J connectivity index is 2.25. The van der Waals surface area contributed by atoms with Gasteiger partial charge in [0.15, 0.2) is 0 Å². The number of hydrogen-bond acceptors (Lipinski definition) is 2. The van der Waals surface area contributed by atoms with Crippen molar-refractivity contribution in [2.24, 2.45) is 0 Å². The lowest BCUT2D eigenvalue weighted by Gasteiger charge is -2.04. The molecule has 0 aliphatic rings. The molecule has 0 unspecified atom stereocenters. The monoisotopic (exact) mass is 210 g/mol. The summed E-state index contributed by atoms with van der Waals surface area (Å²) < 4.78 is 0. The van der Waals surface area contributed by atoms with Gasteiger partial charge in [0.2, 0.25) is 0 Å². The van der Waals surface area contributed by atoms with E-state index in [2.05, 4.69) is 5.32 Å². The molecule has 4 heteroatoms. The Kier molecular flexibility index (Phi) is 4.19. The fraction of sp³-hybridized carbons (Fsp3) is 0.300. The van der Waals surface area contributed by atoms with Crippen LogP contribution < -0.4 is 5.32 Å². The average Bonchev–Trinajstić information content (AvgIpc) is 2.15. The quantitative estimate of drug-likeness (QED) is 0.734. The van der Waals surface area contributed by atoms with Gasteiger partial charge in [-0.2, -0.15) is 0 Å². The van der Waals surface area contributed by atoms with Gasteiger partial charge in [-0.3, -0.25) is 4.79 Å². The van der Waals surface area contributed by atoms with Crippen LogP contribution in [0.4, 0.5) is 5.69 Å². The van der Waals surface area contributed by atoms with E-state index in [0.29, 0.717) is 13.0 Å². The first-order valence-electron chi connectivity index (χ1n) is 4.41.